The molecule has 0 aliphatic rings. The van der Waals surface area contributed by atoms with E-state index in [9.17, 15) is 4.79 Å². The summed E-state index contributed by atoms with van der Waals surface area (Å²) in [6.07, 6.45) is 1.90. The molecule has 2 aromatic rings. The first-order chi connectivity index (χ1) is 8.13. The third kappa shape index (κ3) is 2.03. The molecular formula is C10H12N4O3. The van der Waals surface area contributed by atoms with Crippen molar-refractivity contribution in [3.05, 3.63) is 29.2 Å². The number of carboxylic acids is 1. The molecule has 17 heavy (non-hydrogen) atoms. The number of carboxylic acid groups (broad SMARTS) is 1. The van der Waals surface area contributed by atoms with Gasteiger partial charge in [0.1, 0.15) is 11.5 Å². The summed E-state index contributed by atoms with van der Waals surface area (Å²) in [5.74, 6) is -0.371. The van der Waals surface area contributed by atoms with Crippen molar-refractivity contribution in [2.24, 2.45) is 0 Å². The van der Waals surface area contributed by atoms with E-state index in [1.165, 1.54) is 11.1 Å². The van der Waals surface area contributed by atoms with Gasteiger partial charge in [-0.3, -0.25) is 0 Å². The Bertz CT molecular complexity index is 543. The first kappa shape index (κ1) is 11.3. The minimum Gasteiger partial charge on any atom is -0.476 e. The number of carbonyl (C=O) groups is 1. The highest BCUT2D eigenvalue weighted by molar-refractivity contribution is 5.86. The molecule has 2 aromatic heterocycles. The molecule has 0 spiro atoms. The van der Waals surface area contributed by atoms with Crippen LogP contribution in [0.15, 0.2) is 10.8 Å². The molecule has 0 aliphatic carbocycles. The fourth-order valence-electron chi connectivity index (χ4n) is 1.60. The Kier molecular flexibility index (Phi) is 2.90. The summed E-state index contributed by atoms with van der Waals surface area (Å²) in [5, 5.41) is 16.4. The lowest BCUT2D eigenvalue weighted by Gasteiger charge is -2.02. The van der Waals surface area contributed by atoms with Gasteiger partial charge in [-0.15, -0.1) is 5.10 Å². The van der Waals surface area contributed by atoms with Gasteiger partial charge in [0.25, 0.3) is 0 Å². The van der Waals surface area contributed by atoms with E-state index in [0.717, 1.165) is 5.69 Å². The van der Waals surface area contributed by atoms with Crippen molar-refractivity contribution in [2.75, 3.05) is 0 Å². The van der Waals surface area contributed by atoms with E-state index >= 15 is 0 Å². The average molecular weight is 236 g/mol. The van der Waals surface area contributed by atoms with Crippen molar-refractivity contribution in [2.45, 2.75) is 26.8 Å². The molecule has 0 unspecified atom stereocenters. The van der Waals surface area contributed by atoms with Gasteiger partial charge in [-0.2, -0.15) is 0 Å². The number of hydrogen-bond donors (Lipinski definition) is 1. The summed E-state index contributed by atoms with van der Waals surface area (Å²) in [6.45, 7) is 4.02. The molecule has 7 nitrogen and oxygen atoms in total. The fourth-order valence-corrected chi connectivity index (χ4v) is 1.60. The SMILES string of the molecule is CCc1c(C(=O)O)nnn1Cc1ncoc1C. The molecule has 0 saturated heterocycles. The largest absolute Gasteiger partial charge is 0.476 e. The maximum absolute atomic E-state index is 10.9. The molecule has 7 heteroatoms. The summed E-state index contributed by atoms with van der Waals surface area (Å²) in [5.41, 5.74) is 1.30. The van der Waals surface area contributed by atoms with Crippen molar-refractivity contribution in [3.63, 3.8) is 0 Å². The fraction of sp³-hybridized carbons (Fsp3) is 0.400. The molecule has 0 bridgehead atoms. The van der Waals surface area contributed by atoms with Gasteiger partial charge in [-0.25, -0.2) is 14.5 Å². The Morgan fingerprint density at radius 3 is 2.88 bits per heavy atom. The van der Waals surface area contributed by atoms with Crippen LogP contribution in [0.2, 0.25) is 0 Å². The number of aromatic carboxylic acids is 1. The van der Waals surface area contributed by atoms with Crippen LogP contribution >= 0.6 is 0 Å². The standard InChI is InChI=1S/C10H12N4O3/c1-3-8-9(10(15)16)12-13-14(8)4-7-6(2)17-5-11-7/h5H,3-4H2,1-2H3,(H,15,16). The number of aryl methyl sites for hydroxylation is 1. The molecular weight excluding hydrogens is 224 g/mol. The Balaban J connectivity index is 2.34. The van der Waals surface area contributed by atoms with Crippen molar-refractivity contribution in [3.8, 4) is 0 Å². The monoisotopic (exact) mass is 236 g/mol. The topological polar surface area (TPSA) is 94.0 Å². The van der Waals surface area contributed by atoms with Crippen LogP contribution in [-0.4, -0.2) is 31.1 Å². The normalized spacial score (nSPS) is 10.7. The predicted molar refractivity (Wildman–Crippen MR) is 56.7 cm³/mol. The molecule has 0 amide bonds. The van der Waals surface area contributed by atoms with Crippen molar-refractivity contribution >= 4 is 5.97 Å². The molecule has 0 aromatic carbocycles. The van der Waals surface area contributed by atoms with Gasteiger partial charge in [-0.1, -0.05) is 12.1 Å². The second-order valence-electron chi connectivity index (χ2n) is 3.56. The zero-order chi connectivity index (χ0) is 12.4. The lowest BCUT2D eigenvalue weighted by Crippen LogP contribution is -2.09. The number of nitrogens with zero attached hydrogens (tertiary/aromatic N) is 4. The van der Waals surface area contributed by atoms with E-state index in [1.54, 1.807) is 6.92 Å². The molecule has 0 saturated carbocycles. The molecule has 0 fully saturated rings. The maximum atomic E-state index is 10.9. The molecule has 0 aliphatic heterocycles. The number of rotatable bonds is 4. The van der Waals surface area contributed by atoms with Crippen LogP contribution in [0.5, 0.6) is 0 Å². The lowest BCUT2D eigenvalue weighted by molar-refractivity contribution is 0.0689. The van der Waals surface area contributed by atoms with Crippen LogP contribution in [0.4, 0.5) is 0 Å². The van der Waals surface area contributed by atoms with E-state index < -0.39 is 5.97 Å². The number of aromatic nitrogens is 4. The molecule has 0 radical (unpaired) electrons. The van der Waals surface area contributed by atoms with Crippen LogP contribution in [0.25, 0.3) is 0 Å². The van der Waals surface area contributed by atoms with Gasteiger partial charge in [0.2, 0.25) is 0 Å². The molecule has 90 valence electrons. The average Bonchev–Trinajstić information content (AvgIpc) is 2.86. The van der Waals surface area contributed by atoms with Crippen LogP contribution in [0.3, 0.4) is 0 Å². The van der Waals surface area contributed by atoms with Crippen molar-refractivity contribution < 1.29 is 14.3 Å². The Morgan fingerprint density at radius 1 is 1.59 bits per heavy atom. The van der Waals surface area contributed by atoms with Gasteiger partial charge >= 0.3 is 5.97 Å². The molecule has 2 heterocycles. The molecule has 1 N–H and O–H groups in total. The minimum atomic E-state index is -1.06. The smallest absolute Gasteiger partial charge is 0.358 e. The minimum absolute atomic E-state index is 0.00588. The zero-order valence-electron chi connectivity index (χ0n) is 9.54. The van der Waals surface area contributed by atoms with Crippen LogP contribution in [-0.2, 0) is 13.0 Å². The van der Waals surface area contributed by atoms with Crippen molar-refractivity contribution in [1.29, 1.82) is 0 Å². The van der Waals surface area contributed by atoms with Gasteiger partial charge < -0.3 is 9.52 Å². The quantitative estimate of drug-likeness (QED) is 0.846. The Hall–Kier alpha value is -2.18. The summed E-state index contributed by atoms with van der Waals surface area (Å²) in [6, 6.07) is 0. The highest BCUT2D eigenvalue weighted by atomic mass is 16.4. The van der Waals surface area contributed by atoms with E-state index in [-0.39, 0.29) is 5.69 Å². The maximum Gasteiger partial charge on any atom is 0.358 e. The van der Waals surface area contributed by atoms with Gasteiger partial charge in [0.05, 0.1) is 12.2 Å². The third-order valence-corrected chi connectivity index (χ3v) is 2.52. The van der Waals surface area contributed by atoms with Gasteiger partial charge in [-0.05, 0) is 13.3 Å². The summed E-state index contributed by atoms with van der Waals surface area (Å²) < 4.78 is 6.61. The molecule has 2 rings (SSSR count). The van der Waals surface area contributed by atoms with Gasteiger partial charge in [0, 0.05) is 0 Å². The number of oxazole rings is 1. The summed E-state index contributed by atoms with van der Waals surface area (Å²) in [7, 11) is 0. The lowest BCUT2D eigenvalue weighted by atomic mass is 10.2. The summed E-state index contributed by atoms with van der Waals surface area (Å²) >= 11 is 0. The van der Waals surface area contributed by atoms with Gasteiger partial charge in [0.15, 0.2) is 12.1 Å². The predicted octanol–water partition coefficient (Wildman–Crippen LogP) is 0.883. The second kappa shape index (κ2) is 4.36. The van der Waals surface area contributed by atoms with Crippen LogP contribution < -0.4 is 0 Å². The van der Waals surface area contributed by atoms with Crippen LogP contribution in [0, 0.1) is 6.92 Å². The second-order valence-corrected chi connectivity index (χ2v) is 3.56. The van der Waals surface area contributed by atoms with E-state index in [2.05, 4.69) is 15.3 Å². The Labute approximate surface area is 97.1 Å². The Morgan fingerprint density at radius 2 is 2.35 bits per heavy atom. The summed E-state index contributed by atoms with van der Waals surface area (Å²) in [4.78, 5) is 15.0. The van der Waals surface area contributed by atoms with Crippen molar-refractivity contribution in [1.82, 2.24) is 20.0 Å². The van der Waals surface area contributed by atoms with Crippen LogP contribution in [0.1, 0.15) is 34.6 Å². The van der Waals surface area contributed by atoms with E-state index in [0.29, 0.717) is 24.4 Å². The third-order valence-electron chi connectivity index (χ3n) is 2.52. The first-order valence-corrected chi connectivity index (χ1v) is 5.18. The zero-order valence-corrected chi connectivity index (χ0v) is 9.54. The highest BCUT2D eigenvalue weighted by Gasteiger charge is 2.18. The first-order valence-electron chi connectivity index (χ1n) is 5.18. The van der Waals surface area contributed by atoms with E-state index in [4.69, 9.17) is 9.52 Å². The highest BCUT2D eigenvalue weighted by Crippen LogP contribution is 2.11. The number of hydrogen-bond acceptors (Lipinski definition) is 5. The van der Waals surface area contributed by atoms with E-state index in [1.807, 2.05) is 6.92 Å². The molecule has 0 atom stereocenters.